The molecular weight excluding hydrogens is 270 g/mol. The minimum absolute atomic E-state index is 0.265. The summed E-state index contributed by atoms with van der Waals surface area (Å²) in [7, 11) is 0. The van der Waals surface area contributed by atoms with Crippen LogP contribution in [0.15, 0.2) is 35.4 Å². The van der Waals surface area contributed by atoms with E-state index >= 15 is 0 Å². The predicted octanol–water partition coefficient (Wildman–Crippen LogP) is 4.00. The van der Waals surface area contributed by atoms with E-state index in [4.69, 9.17) is 5.11 Å². The topological polar surface area (TPSA) is 50.2 Å². The molecule has 0 amide bonds. The van der Waals surface area contributed by atoms with E-state index in [1.165, 1.54) is 16.7 Å². The number of hydrogen-bond donors (Lipinski definition) is 1. The molecule has 0 spiro atoms. The van der Waals surface area contributed by atoms with Crippen LogP contribution in [-0.2, 0) is 5.75 Å². The third-order valence-electron chi connectivity index (χ3n) is 2.96. The first-order chi connectivity index (χ1) is 9.45. The van der Waals surface area contributed by atoms with E-state index in [1.807, 2.05) is 0 Å². The molecule has 0 aliphatic heterocycles. The Hall–Kier alpha value is -1.81. The minimum Gasteiger partial charge on any atom is -0.478 e. The summed E-state index contributed by atoms with van der Waals surface area (Å²) < 4.78 is 0. The maximum atomic E-state index is 10.9. The standard InChI is InChI=1S/C16H17NO2S/c1-10-6-11(2)8-13(7-10)9-20-15-5-4-14(16(18)19)12(3)17-15/h4-8H,9H2,1-3H3,(H,18,19). The summed E-state index contributed by atoms with van der Waals surface area (Å²) in [6.07, 6.45) is 0. The summed E-state index contributed by atoms with van der Waals surface area (Å²) in [5.74, 6) is -0.0951. The first kappa shape index (κ1) is 14.6. The summed E-state index contributed by atoms with van der Waals surface area (Å²) in [5, 5.41) is 9.83. The molecule has 20 heavy (non-hydrogen) atoms. The lowest BCUT2D eigenvalue weighted by Gasteiger charge is -2.06. The molecule has 1 aromatic heterocycles. The van der Waals surface area contributed by atoms with Crippen LogP contribution >= 0.6 is 11.8 Å². The fourth-order valence-corrected chi connectivity index (χ4v) is 3.00. The molecule has 0 saturated heterocycles. The highest BCUT2D eigenvalue weighted by atomic mass is 32.2. The molecule has 0 aliphatic carbocycles. The number of aromatic nitrogens is 1. The highest BCUT2D eigenvalue weighted by Crippen LogP contribution is 2.23. The fourth-order valence-electron chi connectivity index (χ4n) is 2.15. The van der Waals surface area contributed by atoms with Crippen LogP contribution in [0.3, 0.4) is 0 Å². The number of pyridine rings is 1. The average molecular weight is 287 g/mol. The van der Waals surface area contributed by atoms with Gasteiger partial charge < -0.3 is 5.11 Å². The van der Waals surface area contributed by atoms with E-state index < -0.39 is 5.97 Å². The second-order valence-electron chi connectivity index (χ2n) is 4.87. The molecule has 0 fully saturated rings. The Balaban J connectivity index is 2.11. The van der Waals surface area contributed by atoms with Gasteiger partial charge in [-0.2, -0.15) is 0 Å². The van der Waals surface area contributed by atoms with Crippen LogP contribution in [0.1, 0.15) is 32.7 Å². The second kappa shape index (κ2) is 6.09. The Morgan fingerprint density at radius 2 is 1.80 bits per heavy atom. The summed E-state index contributed by atoms with van der Waals surface area (Å²) in [6, 6.07) is 9.87. The number of thioether (sulfide) groups is 1. The Bertz CT molecular complexity index is 633. The SMILES string of the molecule is Cc1cc(C)cc(CSc2ccc(C(=O)O)c(C)n2)c1. The lowest BCUT2D eigenvalue weighted by molar-refractivity contribution is 0.0695. The van der Waals surface area contributed by atoms with Gasteiger partial charge >= 0.3 is 5.97 Å². The van der Waals surface area contributed by atoms with Gasteiger partial charge in [0.1, 0.15) is 0 Å². The van der Waals surface area contributed by atoms with Crippen molar-refractivity contribution in [1.82, 2.24) is 4.98 Å². The van der Waals surface area contributed by atoms with Gasteiger partial charge in [0.15, 0.2) is 0 Å². The molecule has 2 aromatic rings. The van der Waals surface area contributed by atoms with Crippen molar-refractivity contribution in [3.63, 3.8) is 0 Å². The van der Waals surface area contributed by atoms with Crippen molar-refractivity contribution in [3.8, 4) is 0 Å². The van der Waals surface area contributed by atoms with Gasteiger partial charge in [0, 0.05) is 5.75 Å². The fraction of sp³-hybridized carbons (Fsp3) is 0.250. The van der Waals surface area contributed by atoms with Crippen LogP contribution in [-0.4, -0.2) is 16.1 Å². The molecule has 1 N–H and O–H groups in total. The van der Waals surface area contributed by atoms with Crippen molar-refractivity contribution >= 4 is 17.7 Å². The number of carboxylic acids is 1. The van der Waals surface area contributed by atoms with Gasteiger partial charge in [-0.05, 0) is 38.5 Å². The van der Waals surface area contributed by atoms with Crippen LogP contribution in [0, 0.1) is 20.8 Å². The van der Waals surface area contributed by atoms with Gasteiger partial charge in [0.25, 0.3) is 0 Å². The number of aromatic carboxylic acids is 1. The number of aryl methyl sites for hydroxylation is 3. The second-order valence-corrected chi connectivity index (χ2v) is 5.87. The molecule has 0 atom stereocenters. The zero-order valence-corrected chi connectivity index (χ0v) is 12.6. The average Bonchev–Trinajstić information content (AvgIpc) is 2.35. The van der Waals surface area contributed by atoms with E-state index in [-0.39, 0.29) is 5.56 Å². The van der Waals surface area contributed by atoms with Crippen molar-refractivity contribution in [2.24, 2.45) is 0 Å². The van der Waals surface area contributed by atoms with E-state index in [9.17, 15) is 4.79 Å². The number of carboxylic acid groups (broad SMARTS) is 1. The van der Waals surface area contributed by atoms with Crippen molar-refractivity contribution in [1.29, 1.82) is 0 Å². The maximum Gasteiger partial charge on any atom is 0.337 e. The zero-order valence-electron chi connectivity index (χ0n) is 11.8. The van der Waals surface area contributed by atoms with Crippen molar-refractivity contribution in [2.45, 2.75) is 31.6 Å². The van der Waals surface area contributed by atoms with Crippen LogP contribution in [0.5, 0.6) is 0 Å². The molecule has 3 nitrogen and oxygen atoms in total. The highest BCUT2D eigenvalue weighted by Gasteiger charge is 2.09. The molecule has 2 rings (SSSR count). The highest BCUT2D eigenvalue weighted by molar-refractivity contribution is 7.98. The number of hydrogen-bond acceptors (Lipinski definition) is 3. The Kier molecular flexibility index (Phi) is 4.45. The Labute approximate surface area is 123 Å². The summed E-state index contributed by atoms with van der Waals surface area (Å²) in [4.78, 5) is 15.3. The number of benzene rings is 1. The van der Waals surface area contributed by atoms with E-state index in [2.05, 4.69) is 37.0 Å². The van der Waals surface area contributed by atoms with Gasteiger partial charge in [-0.15, -0.1) is 11.8 Å². The smallest absolute Gasteiger partial charge is 0.337 e. The van der Waals surface area contributed by atoms with E-state index in [0.717, 1.165) is 10.8 Å². The normalized spacial score (nSPS) is 10.6. The van der Waals surface area contributed by atoms with Gasteiger partial charge in [0.05, 0.1) is 16.3 Å². The lowest BCUT2D eigenvalue weighted by atomic mass is 10.1. The molecule has 0 bridgehead atoms. The maximum absolute atomic E-state index is 10.9. The number of rotatable bonds is 4. The monoisotopic (exact) mass is 287 g/mol. The molecule has 1 aromatic carbocycles. The molecule has 4 heteroatoms. The van der Waals surface area contributed by atoms with Gasteiger partial charge in [-0.3, -0.25) is 0 Å². The van der Waals surface area contributed by atoms with Crippen LogP contribution < -0.4 is 0 Å². The molecule has 0 aliphatic rings. The molecule has 0 unspecified atom stereocenters. The predicted molar refractivity (Wildman–Crippen MR) is 81.4 cm³/mol. The molecular formula is C16H17NO2S. The first-order valence-electron chi connectivity index (χ1n) is 6.36. The van der Waals surface area contributed by atoms with E-state index in [1.54, 1.807) is 30.8 Å². The van der Waals surface area contributed by atoms with Crippen LogP contribution in [0.25, 0.3) is 0 Å². The van der Waals surface area contributed by atoms with Crippen LogP contribution in [0.4, 0.5) is 0 Å². The minimum atomic E-state index is -0.930. The number of carbonyl (C=O) groups is 1. The van der Waals surface area contributed by atoms with Gasteiger partial charge in [-0.1, -0.05) is 29.3 Å². The van der Waals surface area contributed by atoms with Crippen molar-refractivity contribution in [3.05, 3.63) is 58.3 Å². The quantitative estimate of drug-likeness (QED) is 0.864. The molecule has 0 radical (unpaired) electrons. The lowest BCUT2D eigenvalue weighted by Crippen LogP contribution is -2.01. The van der Waals surface area contributed by atoms with Gasteiger partial charge in [0.2, 0.25) is 0 Å². The van der Waals surface area contributed by atoms with Crippen molar-refractivity contribution in [2.75, 3.05) is 0 Å². The zero-order chi connectivity index (χ0) is 14.7. The summed E-state index contributed by atoms with van der Waals surface area (Å²) in [6.45, 7) is 5.90. The number of nitrogens with zero attached hydrogens (tertiary/aromatic N) is 1. The summed E-state index contributed by atoms with van der Waals surface area (Å²) in [5.41, 5.74) is 4.59. The molecule has 0 saturated carbocycles. The van der Waals surface area contributed by atoms with Crippen LogP contribution in [0.2, 0.25) is 0 Å². The largest absolute Gasteiger partial charge is 0.478 e. The Morgan fingerprint density at radius 1 is 1.15 bits per heavy atom. The summed E-state index contributed by atoms with van der Waals surface area (Å²) >= 11 is 1.62. The molecule has 104 valence electrons. The molecule has 1 heterocycles. The third kappa shape index (κ3) is 3.61. The van der Waals surface area contributed by atoms with E-state index in [0.29, 0.717) is 5.69 Å². The van der Waals surface area contributed by atoms with Gasteiger partial charge in [-0.25, -0.2) is 9.78 Å². The van der Waals surface area contributed by atoms with Crippen molar-refractivity contribution < 1.29 is 9.90 Å². The third-order valence-corrected chi connectivity index (χ3v) is 3.96. The Morgan fingerprint density at radius 3 is 2.35 bits per heavy atom. The first-order valence-corrected chi connectivity index (χ1v) is 7.35.